The lowest BCUT2D eigenvalue weighted by molar-refractivity contribution is -0.385. The van der Waals surface area contributed by atoms with Gasteiger partial charge >= 0.3 is 5.69 Å². The standard InChI is InChI=1S/C23H21N3O6.C2H6/c1-17-7-2-3-8-19(17)23(29)24(16-27)12-6-14-32-21-15-18(10-11-20(21)26(30)31)25-13-5-4-9-22(25)28;1-2/h2-5,7-11,13,15-16H,6,12,14H2,1H3;1-2H3. The van der Waals surface area contributed by atoms with Gasteiger partial charge in [0.15, 0.2) is 5.75 Å². The van der Waals surface area contributed by atoms with Crippen molar-refractivity contribution in [2.75, 3.05) is 13.2 Å². The summed E-state index contributed by atoms with van der Waals surface area (Å²) in [6.07, 6.45) is 2.27. The Kier molecular flexibility index (Phi) is 9.70. The van der Waals surface area contributed by atoms with Crippen molar-refractivity contribution in [3.05, 3.63) is 98.5 Å². The number of carbonyl (C=O) groups is 2. The van der Waals surface area contributed by atoms with Crippen molar-refractivity contribution < 1.29 is 19.2 Å². The molecule has 0 unspecified atom stereocenters. The molecule has 0 spiro atoms. The van der Waals surface area contributed by atoms with Gasteiger partial charge in [-0.3, -0.25) is 34.0 Å². The molecule has 0 atom stereocenters. The number of nitro groups is 1. The second-order valence-electron chi connectivity index (χ2n) is 6.94. The maximum absolute atomic E-state index is 12.6. The Morgan fingerprint density at radius 1 is 1.12 bits per heavy atom. The van der Waals surface area contributed by atoms with Gasteiger partial charge in [0, 0.05) is 36.5 Å². The predicted octanol–water partition coefficient (Wildman–Crippen LogP) is 4.15. The summed E-state index contributed by atoms with van der Waals surface area (Å²) in [4.78, 5) is 47.8. The number of aromatic nitrogens is 1. The van der Waals surface area contributed by atoms with Crippen molar-refractivity contribution >= 4 is 18.0 Å². The topological polar surface area (TPSA) is 112 Å². The highest BCUT2D eigenvalue weighted by atomic mass is 16.6. The van der Waals surface area contributed by atoms with E-state index in [1.165, 1.54) is 28.8 Å². The molecular weight excluding hydrogens is 438 g/mol. The smallest absolute Gasteiger partial charge is 0.311 e. The quantitative estimate of drug-likeness (QED) is 0.203. The molecule has 0 saturated carbocycles. The lowest BCUT2D eigenvalue weighted by atomic mass is 10.1. The maximum atomic E-state index is 12.6. The number of amides is 2. The van der Waals surface area contributed by atoms with Crippen LogP contribution in [-0.4, -0.2) is 39.9 Å². The zero-order valence-electron chi connectivity index (χ0n) is 19.3. The van der Waals surface area contributed by atoms with Crippen LogP contribution in [0.1, 0.15) is 36.2 Å². The van der Waals surface area contributed by atoms with Crippen LogP contribution in [0.25, 0.3) is 5.69 Å². The Labute approximate surface area is 197 Å². The molecule has 0 saturated heterocycles. The zero-order chi connectivity index (χ0) is 25.1. The third-order valence-electron chi connectivity index (χ3n) is 4.81. The molecule has 9 heteroatoms. The lowest BCUT2D eigenvalue weighted by Gasteiger charge is -2.17. The van der Waals surface area contributed by atoms with Crippen molar-refractivity contribution in [1.29, 1.82) is 0 Å². The molecule has 2 amide bonds. The van der Waals surface area contributed by atoms with Crippen LogP contribution in [0.4, 0.5) is 5.69 Å². The molecule has 2 aromatic carbocycles. The van der Waals surface area contributed by atoms with E-state index in [2.05, 4.69) is 0 Å². The van der Waals surface area contributed by atoms with Gasteiger partial charge in [-0.15, -0.1) is 0 Å². The molecule has 0 radical (unpaired) electrons. The third kappa shape index (κ3) is 6.38. The number of pyridine rings is 1. The van der Waals surface area contributed by atoms with Gasteiger partial charge in [0.2, 0.25) is 6.41 Å². The lowest BCUT2D eigenvalue weighted by Crippen LogP contribution is -2.31. The molecule has 3 aromatic rings. The summed E-state index contributed by atoms with van der Waals surface area (Å²) in [5.74, 6) is -0.430. The Morgan fingerprint density at radius 3 is 2.47 bits per heavy atom. The number of imide groups is 1. The summed E-state index contributed by atoms with van der Waals surface area (Å²) in [5.41, 5.74) is 1.06. The van der Waals surface area contributed by atoms with Crippen LogP contribution >= 0.6 is 0 Å². The largest absolute Gasteiger partial charge is 0.487 e. The van der Waals surface area contributed by atoms with Crippen molar-refractivity contribution in [1.82, 2.24) is 9.47 Å². The second kappa shape index (κ2) is 12.7. The summed E-state index contributed by atoms with van der Waals surface area (Å²) in [6, 6.07) is 15.7. The SMILES string of the molecule is CC.Cc1ccccc1C(=O)N(C=O)CCCOc1cc(-n2ccccc2=O)ccc1[N+](=O)[O-]. The normalized spacial score (nSPS) is 9.97. The van der Waals surface area contributed by atoms with Crippen molar-refractivity contribution in [2.24, 2.45) is 0 Å². The molecular formula is C25H27N3O6. The molecule has 1 heterocycles. The van der Waals surface area contributed by atoms with Gasteiger partial charge in [0.1, 0.15) is 0 Å². The van der Waals surface area contributed by atoms with E-state index < -0.39 is 10.8 Å². The van der Waals surface area contributed by atoms with E-state index >= 15 is 0 Å². The molecule has 34 heavy (non-hydrogen) atoms. The van der Waals surface area contributed by atoms with E-state index in [1.54, 1.807) is 49.5 Å². The van der Waals surface area contributed by atoms with Gasteiger partial charge in [-0.05, 0) is 37.1 Å². The fourth-order valence-electron chi connectivity index (χ4n) is 3.15. The summed E-state index contributed by atoms with van der Waals surface area (Å²) >= 11 is 0. The zero-order valence-corrected chi connectivity index (χ0v) is 19.3. The maximum Gasteiger partial charge on any atom is 0.311 e. The summed E-state index contributed by atoms with van der Waals surface area (Å²) in [7, 11) is 0. The van der Waals surface area contributed by atoms with Crippen molar-refractivity contribution in [2.45, 2.75) is 27.2 Å². The fourth-order valence-corrected chi connectivity index (χ4v) is 3.15. The minimum atomic E-state index is -0.577. The van der Waals surface area contributed by atoms with Crippen molar-refractivity contribution in [3.63, 3.8) is 0 Å². The monoisotopic (exact) mass is 465 g/mol. The molecule has 0 aliphatic heterocycles. The van der Waals surface area contributed by atoms with Crippen LogP contribution in [0.2, 0.25) is 0 Å². The number of hydrogen-bond donors (Lipinski definition) is 0. The van der Waals surface area contributed by atoms with Crippen LogP contribution in [0.5, 0.6) is 5.75 Å². The highest BCUT2D eigenvalue weighted by Gasteiger charge is 2.19. The number of nitrogens with zero attached hydrogens (tertiary/aromatic N) is 3. The van der Waals surface area contributed by atoms with Crippen LogP contribution in [0.15, 0.2) is 71.7 Å². The molecule has 0 aliphatic carbocycles. The van der Waals surface area contributed by atoms with Crippen LogP contribution in [-0.2, 0) is 4.79 Å². The number of ether oxygens (including phenoxy) is 1. The van der Waals surface area contributed by atoms with E-state index in [1.807, 2.05) is 13.8 Å². The number of hydrogen-bond acceptors (Lipinski definition) is 6. The van der Waals surface area contributed by atoms with Gasteiger partial charge in [-0.2, -0.15) is 0 Å². The molecule has 3 rings (SSSR count). The number of carbonyl (C=O) groups excluding carboxylic acids is 2. The Bertz CT molecular complexity index is 1210. The first-order valence-electron chi connectivity index (χ1n) is 10.8. The third-order valence-corrected chi connectivity index (χ3v) is 4.81. The minimum absolute atomic E-state index is 0.00821. The van der Waals surface area contributed by atoms with Crippen molar-refractivity contribution in [3.8, 4) is 11.4 Å². The van der Waals surface area contributed by atoms with E-state index in [4.69, 9.17) is 4.74 Å². The van der Waals surface area contributed by atoms with E-state index in [0.29, 0.717) is 17.7 Å². The van der Waals surface area contributed by atoms with Crippen LogP contribution in [0, 0.1) is 17.0 Å². The molecule has 0 fully saturated rings. The Balaban J connectivity index is 0.00000199. The van der Waals surface area contributed by atoms with Gasteiger partial charge in [-0.1, -0.05) is 38.1 Å². The molecule has 0 N–H and O–H groups in total. The van der Waals surface area contributed by atoms with Gasteiger partial charge < -0.3 is 4.74 Å². The summed E-state index contributed by atoms with van der Waals surface area (Å²) < 4.78 is 6.93. The van der Waals surface area contributed by atoms with Gasteiger partial charge in [0.25, 0.3) is 11.5 Å². The average molecular weight is 466 g/mol. The highest BCUT2D eigenvalue weighted by molar-refractivity contribution is 6.00. The van der Waals surface area contributed by atoms with Crippen LogP contribution in [0.3, 0.4) is 0 Å². The number of rotatable bonds is 9. The summed E-state index contributed by atoms with van der Waals surface area (Å²) in [6.45, 7) is 5.89. The second-order valence-corrected chi connectivity index (χ2v) is 6.94. The highest BCUT2D eigenvalue weighted by Crippen LogP contribution is 2.29. The van der Waals surface area contributed by atoms with E-state index in [-0.39, 0.29) is 36.6 Å². The minimum Gasteiger partial charge on any atom is -0.487 e. The van der Waals surface area contributed by atoms with Gasteiger partial charge in [0.05, 0.1) is 17.2 Å². The van der Waals surface area contributed by atoms with Gasteiger partial charge in [-0.25, -0.2) is 0 Å². The molecule has 1 aromatic heterocycles. The van der Waals surface area contributed by atoms with E-state index in [0.717, 1.165) is 10.5 Å². The molecule has 0 bridgehead atoms. The first kappa shape index (κ1) is 26.0. The summed E-state index contributed by atoms with van der Waals surface area (Å²) in [5, 5.41) is 11.4. The Hall–Kier alpha value is -4.27. The number of aryl methyl sites for hydroxylation is 1. The van der Waals surface area contributed by atoms with E-state index in [9.17, 15) is 24.5 Å². The first-order valence-corrected chi connectivity index (χ1v) is 10.8. The molecule has 0 aliphatic rings. The first-order chi connectivity index (χ1) is 16.4. The number of benzene rings is 2. The molecule has 9 nitrogen and oxygen atoms in total. The predicted molar refractivity (Wildman–Crippen MR) is 128 cm³/mol. The number of nitro benzene ring substituents is 1. The Morgan fingerprint density at radius 2 is 1.82 bits per heavy atom. The van der Waals surface area contributed by atoms with Crippen LogP contribution < -0.4 is 10.3 Å². The average Bonchev–Trinajstić information content (AvgIpc) is 2.85. The fraction of sp³-hybridized carbons (Fsp3) is 0.240. The molecule has 178 valence electrons.